The van der Waals surface area contributed by atoms with Crippen molar-refractivity contribution >= 4 is 6.09 Å². The molecule has 0 spiro atoms. The summed E-state index contributed by atoms with van der Waals surface area (Å²) >= 11 is 0. The third-order valence-corrected chi connectivity index (χ3v) is 2.84. The number of nitrogens with zero attached hydrogens (tertiary/aromatic N) is 1. The number of carbonyl (C=O) groups excluding carboxylic acids is 1. The summed E-state index contributed by atoms with van der Waals surface area (Å²) in [7, 11) is 0. The van der Waals surface area contributed by atoms with E-state index in [1.54, 1.807) is 18.3 Å². The molecule has 0 unspecified atom stereocenters. The van der Waals surface area contributed by atoms with E-state index in [9.17, 15) is 4.79 Å². The normalized spacial score (nSPS) is 10.0. The van der Waals surface area contributed by atoms with E-state index in [1.165, 1.54) is 5.56 Å². The van der Waals surface area contributed by atoms with E-state index in [2.05, 4.69) is 16.4 Å². The van der Waals surface area contributed by atoms with Gasteiger partial charge in [-0.05, 0) is 43.0 Å². The number of amides is 1. The summed E-state index contributed by atoms with van der Waals surface area (Å²) in [5, 5.41) is 2.74. The van der Waals surface area contributed by atoms with Gasteiger partial charge in [0.15, 0.2) is 0 Å². The van der Waals surface area contributed by atoms with Gasteiger partial charge in [-0.1, -0.05) is 24.3 Å². The summed E-state index contributed by atoms with van der Waals surface area (Å²) < 4.78 is 5.12. The fourth-order valence-electron chi connectivity index (χ4n) is 1.82. The van der Waals surface area contributed by atoms with Crippen molar-refractivity contribution in [2.75, 3.05) is 6.54 Å². The maximum absolute atomic E-state index is 11.5. The molecular weight excluding hydrogens is 252 g/mol. The van der Waals surface area contributed by atoms with Crippen LogP contribution in [0.3, 0.4) is 0 Å². The molecule has 0 saturated carbocycles. The number of hydrogen-bond donors (Lipinski definition) is 1. The fourth-order valence-corrected chi connectivity index (χ4v) is 1.82. The molecule has 4 nitrogen and oxygen atoms in total. The van der Waals surface area contributed by atoms with Gasteiger partial charge in [-0.25, -0.2) is 4.79 Å². The fraction of sp³-hybridized carbons (Fsp3) is 0.250. The number of para-hydroxylation sites is 1. The Morgan fingerprint density at radius 3 is 2.70 bits per heavy atom. The molecule has 2 aromatic rings. The van der Waals surface area contributed by atoms with Crippen molar-refractivity contribution in [2.24, 2.45) is 0 Å². The molecule has 0 fully saturated rings. The topological polar surface area (TPSA) is 51.2 Å². The number of hydrogen-bond acceptors (Lipinski definition) is 3. The Morgan fingerprint density at radius 2 is 1.95 bits per heavy atom. The van der Waals surface area contributed by atoms with E-state index in [1.807, 2.05) is 30.5 Å². The molecule has 1 aromatic carbocycles. The zero-order chi connectivity index (χ0) is 14.0. The van der Waals surface area contributed by atoms with Gasteiger partial charge in [0.25, 0.3) is 0 Å². The second-order valence-electron chi connectivity index (χ2n) is 4.45. The summed E-state index contributed by atoms with van der Waals surface area (Å²) in [4.78, 5) is 15.6. The van der Waals surface area contributed by atoms with Crippen LogP contribution >= 0.6 is 0 Å². The first kappa shape index (κ1) is 14.1. The van der Waals surface area contributed by atoms with E-state index in [4.69, 9.17) is 4.74 Å². The quantitative estimate of drug-likeness (QED) is 0.820. The summed E-state index contributed by atoms with van der Waals surface area (Å²) in [6.45, 7) is 0.617. The minimum atomic E-state index is -0.405. The molecule has 0 saturated heterocycles. The molecule has 104 valence electrons. The maximum Gasteiger partial charge on any atom is 0.412 e. The van der Waals surface area contributed by atoms with Gasteiger partial charge in [-0.15, -0.1) is 0 Å². The van der Waals surface area contributed by atoms with Crippen LogP contribution < -0.4 is 10.1 Å². The lowest BCUT2D eigenvalue weighted by atomic mass is 10.1. The number of unbranched alkanes of at least 4 members (excludes halogenated alkanes) is 1. The van der Waals surface area contributed by atoms with Crippen molar-refractivity contribution < 1.29 is 9.53 Å². The standard InChI is InChI=1S/C16H18N2O2/c19-16(20-15-9-2-1-3-10-15)18-12-5-4-7-14-8-6-11-17-13-14/h1-3,6,8-11,13H,4-5,7,12H2,(H,18,19). The Hall–Kier alpha value is -2.36. The second-order valence-corrected chi connectivity index (χ2v) is 4.45. The first-order chi connectivity index (χ1) is 9.84. The van der Waals surface area contributed by atoms with E-state index >= 15 is 0 Å². The number of ether oxygens (including phenoxy) is 1. The van der Waals surface area contributed by atoms with Gasteiger partial charge in [0.05, 0.1) is 0 Å². The number of pyridine rings is 1. The van der Waals surface area contributed by atoms with Crippen LogP contribution in [0.1, 0.15) is 18.4 Å². The average Bonchev–Trinajstić information content (AvgIpc) is 2.49. The van der Waals surface area contributed by atoms with Gasteiger partial charge in [0.1, 0.15) is 5.75 Å². The average molecular weight is 270 g/mol. The number of rotatable bonds is 6. The van der Waals surface area contributed by atoms with Crippen molar-refractivity contribution in [2.45, 2.75) is 19.3 Å². The molecule has 0 aliphatic carbocycles. The minimum absolute atomic E-state index is 0.405. The number of carbonyl (C=O) groups is 1. The van der Waals surface area contributed by atoms with Crippen molar-refractivity contribution in [3.8, 4) is 5.75 Å². The predicted molar refractivity (Wildman–Crippen MR) is 77.6 cm³/mol. The Kier molecular flexibility index (Phi) is 5.58. The van der Waals surface area contributed by atoms with Gasteiger partial charge in [0.2, 0.25) is 0 Å². The van der Waals surface area contributed by atoms with Crippen molar-refractivity contribution in [1.82, 2.24) is 10.3 Å². The van der Waals surface area contributed by atoms with Crippen LogP contribution in [0.15, 0.2) is 54.9 Å². The molecule has 0 bridgehead atoms. The van der Waals surface area contributed by atoms with Crippen LogP contribution in [0.2, 0.25) is 0 Å². The second kappa shape index (κ2) is 7.94. The molecule has 20 heavy (non-hydrogen) atoms. The predicted octanol–water partition coefficient (Wildman–Crippen LogP) is 3.19. The highest BCUT2D eigenvalue weighted by molar-refractivity contribution is 5.70. The minimum Gasteiger partial charge on any atom is -0.410 e. The van der Waals surface area contributed by atoms with Crippen LogP contribution in [0.25, 0.3) is 0 Å². The molecule has 2 rings (SSSR count). The summed E-state index contributed by atoms with van der Waals surface area (Å²) in [6.07, 6.45) is 6.14. The third kappa shape index (κ3) is 5.10. The van der Waals surface area contributed by atoms with Crippen LogP contribution in [-0.4, -0.2) is 17.6 Å². The molecule has 0 radical (unpaired) electrons. The number of nitrogens with one attached hydrogen (secondary N) is 1. The highest BCUT2D eigenvalue weighted by atomic mass is 16.5. The van der Waals surface area contributed by atoms with Crippen LogP contribution in [0.5, 0.6) is 5.75 Å². The lowest BCUT2D eigenvalue weighted by molar-refractivity contribution is 0.200. The van der Waals surface area contributed by atoms with Gasteiger partial charge >= 0.3 is 6.09 Å². The first-order valence-electron chi connectivity index (χ1n) is 6.74. The van der Waals surface area contributed by atoms with Crippen molar-refractivity contribution in [1.29, 1.82) is 0 Å². The van der Waals surface area contributed by atoms with E-state index in [-0.39, 0.29) is 0 Å². The van der Waals surface area contributed by atoms with Crippen LogP contribution in [0, 0.1) is 0 Å². The van der Waals surface area contributed by atoms with E-state index in [0.29, 0.717) is 12.3 Å². The number of benzene rings is 1. The van der Waals surface area contributed by atoms with Gasteiger partial charge in [0, 0.05) is 18.9 Å². The highest BCUT2D eigenvalue weighted by Gasteiger charge is 2.02. The smallest absolute Gasteiger partial charge is 0.410 e. The van der Waals surface area contributed by atoms with E-state index < -0.39 is 6.09 Å². The summed E-state index contributed by atoms with van der Waals surface area (Å²) in [6, 6.07) is 13.0. The number of aromatic nitrogens is 1. The van der Waals surface area contributed by atoms with Crippen LogP contribution in [0.4, 0.5) is 4.79 Å². The lowest BCUT2D eigenvalue weighted by Gasteiger charge is -2.06. The summed E-state index contributed by atoms with van der Waals surface area (Å²) in [5.41, 5.74) is 1.22. The van der Waals surface area contributed by atoms with Gasteiger partial charge in [-0.3, -0.25) is 4.98 Å². The lowest BCUT2D eigenvalue weighted by Crippen LogP contribution is -2.27. The van der Waals surface area contributed by atoms with Gasteiger partial charge in [-0.2, -0.15) is 0 Å². The zero-order valence-corrected chi connectivity index (χ0v) is 11.3. The Morgan fingerprint density at radius 1 is 1.10 bits per heavy atom. The van der Waals surface area contributed by atoms with Crippen LogP contribution in [-0.2, 0) is 6.42 Å². The first-order valence-corrected chi connectivity index (χ1v) is 6.74. The molecule has 1 aromatic heterocycles. The Balaban J connectivity index is 1.58. The Labute approximate surface area is 118 Å². The molecule has 0 atom stereocenters. The zero-order valence-electron chi connectivity index (χ0n) is 11.3. The highest BCUT2D eigenvalue weighted by Crippen LogP contribution is 2.08. The largest absolute Gasteiger partial charge is 0.412 e. The van der Waals surface area contributed by atoms with Gasteiger partial charge < -0.3 is 10.1 Å². The molecular formula is C16H18N2O2. The molecule has 0 aliphatic heterocycles. The van der Waals surface area contributed by atoms with E-state index in [0.717, 1.165) is 19.3 Å². The number of aryl methyl sites for hydroxylation is 1. The molecule has 0 aliphatic rings. The molecule has 1 N–H and O–H groups in total. The van der Waals surface area contributed by atoms with Crippen molar-refractivity contribution in [3.63, 3.8) is 0 Å². The Bertz CT molecular complexity index is 515. The third-order valence-electron chi connectivity index (χ3n) is 2.84. The molecule has 1 heterocycles. The van der Waals surface area contributed by atoms with Crippen molar-refractivity contribution in [3.05, 3.63) is 60.4 Å². The SMILES string of the molecule is O=C(NCCCCc1cccnc1)Oc1ccccc1. The molecule has 4 heteroatoms. The monoisotopic (exact) mass is 270 g/mol. The summed E-state index contributed by atoms with van der Waals surface area (Å²) in [5.74, 6) is 0.556. The maximum atomic E-state index is 11.5. The molecule has 1 amide bonds.